The number of thioether (sulfide) groups is 1. The van der Waals surface area contributed by atoms with Gasteiger partial charge in [-0.25, -0.2) is 18.1 Å². The topological polar surface area (TPSA) is 59.1 Å². The van der Waals surface area contributed by atoms with E-state index in [1.165, 1.54) is 0 Å². The largest absolute Gasteiger partial charge is 0.250 e. The molecule has 1 saturated carbocycles. The lowest BCUT2D eigenvalue weighted by molar-refractivity contribution is 0.422. The molecule has 0 unspecified atom stereocenters. The Morgan fingerprint density at radius 3 is 2.48 bits per heavy atom. The monoisotopic (exact) mass is 348 g/mol. The lowest BCUT2D eigenvalue weighted by atomic mass is 9.96. The van der Waals surface area contributed by atoms with Gasteiger partial charge in [0.2, 0.25) is 10.0 Å². The maximum Gasteiger partial charge on any atom is 0.240 e. The highest BCUT2D eigenvalue weighted by Crippen LogP contribution is 2.33. The van der Waals surface area contributed by atoms with Crippen molar-refractivity contribution in [2.24, 2.45) is 0 Å². The lowest BCUT2D eigenvalue weighted by Gasteiger charge is -2.31. The number of hydrogen-bond acceptors (Lipinski definition) is 4. The number of hydrogen-bond donors (Lipinski definition) is 1. The minimum absolute atomic E-state index is 0.0547. The molecular weight excluding hydrogens is 328 g/mol. The van der Waals surface area contributed by atoms with E-state index < -0.39 is 10.0 Å². The number of sulfonamides is 1. The highest BCUT2D eigenvalue weighted by Gasteiger charge is 2.30. The Morgan fingerprint density at radius 1 is 1.00 bits per heavy atom. The zero-order valence-electron chi connectivity index (χ0n) is 12.8. The van der Waals surface area contributed by atoms with Crippen molar-refractivity contribution in [3.8, 4) is 0 Å². The summed E-state index contributed by atoms with van der Waals surface area (Å²) in [5.74, 6) is 0. The fourth-order valence-electron chi connectivity index (χ4n) is 2.81. The van der Waals surface area contributed by atoms with Crippen LogP contribution in [0.3, 0.4) is 0 Å². The summed E-state index contributed by atoms with van der Waals surface area (Å²) in [5, 5.41) is 1.17. The molecule has 2 atom stereocenters. The number of benzene rings is 1. The first-order valence-electron chi connectivity index (χ1n) is 7.80. The van der Waals surface area contributed by atoms with Crippen LogP contribution in [0.2, 0.25) is 0 Å². The molecule has 23 heavy (non-hydrogen) atoms. The van der Waals surface area contributed by atoms with E-state index in [-0.39, 0.29) is 11.3 Å². The molecule has 1 aliphatic rings. The quantitative estimate of drug-likeness (QED) is 0.899. The second kappa shape index (κ2) is 7.47. The zero-order chi connectivity index (χ0) is 16.1. The van der Waals surface area contributed by atoms with Crippen LogP contribution < -0.4 is 4.72 Å². The summed E-state index contributed by atoms with van der Waals surface area (Å²) < 4.78 is 28.0. The predicted octanol–water partition coefficient (Wildman–Crippen LogP) is 3.46. The van der Waals surface area contributed by atoms with Crippen LogP contribution in [0.4, 0.5) is 0 Å². The SMILES string of the molecule is O=S(=O)(N[C@H]1CCCC[C@@H]1Sc1ccccn1)c1ccccc1. The predicted molar refractivity (Wildman–Crippen MR) is 92.9 cm³/mol. The lowest BCUT2D eigenvalue weighted by Crippen LogP contribution is -2.43. The molecular formula is C17H20N2O2S2. The van der Waals surface area contributed by atoms with Crippen LogP contribution in [0.1, 0.15) is 25.7 Å². The number of aromatic nitrogens is 1. The van der Waals surface area contributed by atoms with Crippen molar-refractivity contribution in [3.05, 3.63) is 54.7 Å². The Kier molecular flexibility index (Phi) is 5.35. The number of nitrogens with one attached hydrogen (secondary N) is 1. The maximum atomic E-state index is 12.6. The average Bonchev–Trinajstić information content (AvgIpc) is 2.58. The van der Waals surface area contributed by atoms with Gasteiger partial charge in [-0.05, 0) is 37.1 Å². The first kappa shape index (κ1) is 16.5. The third-order valence-electron chi connectivity index (χ3n) is 3.97. The molecule has 0 aliphatic heterocycles. The Morgan fingerprint density at radius 2 is 1.74 bits per heavy atom. The zero-order valence-corrected chi connectivity index (χ0v) is 14.4. The summed E-state index contributed by atoms with van der Waals surface area (Å²) in [7, 11) is -3.47. The number of rotatable bonds is 5. The van der Waals surface area contributed by atoms with Crippen molar-refractivity contribution in [1.82, 2.24) is 9.71 Å². The van der Waals surface area contributed by atoms with Crippen LogP contribution in [-0.2, 0) is 10.0 Å². The minimum atomic E-state index is -3.47. The third-order valence-corrected chi connectivity index (χ3v) is 6.83. The van der Waals surface area contributed by atoms with Gasteiger partial charge >= 0.3 is 0 Å². The molecule has 1 heterocycles. The number of nitrogens with zero attached hydrogens (tertiary/aromatic N) is 1. The average molecular weight is 348 g/mol. The Labute approximate surface area is 141 Å². The van der Waals surface area contributed by atoms with Gasteiger partial charge in [-0.2, -0.15) is 0 Å². The molecule has 1 aliphatic carbocycles. The van der Waals surface area contributed by atoms with E-state index in [4.69, 9.17) is 0 Å². The van der Waals surface area contributed by atoms with Gasteiger partial charge < -0.3 is 0 Å². The normalized spacial score (nSPS) is 21.9. The molecule has 6 heteroatoms. The molecule has 122 valence electrons. The smallest absolute Gasteiger partial charge is 0.240 e. The summed E-state index contributed by atoms with van der Waals surface area (Å²) in [4.78, 5) is 4.67. The van der Waals surface area contributed by atoms with Crippen LogP contribution in [0.15, 0.2) is 64.6 Å². The second-order valence-corrected chi connectivity index (χ2v) is 8.62. The summed E-state index contributed by atoms with van der Waals surface area (Å²) in [5.41, 5.74) is 0. The highest BCUT2D eigenvalue weighted by molar-refractivity contribution is 8.00. The molecule has 3 rings (SSSR count). The molecule has 1 aromatic heterocycles. The van der Waals surface area contributed by atoms with Gasteiger partial charge in [0, 0.05) is 17.5 Å². The van der Waals surface area contributed by atoms with E-state index in [0.29, 0.717) is 4.90 Å². The van der Waals surface area contributed by atoms with E-state index in [2.05, 4.69) is 9.71 Å². The summed E-state index contributed by atoms with van der Waals surface area (Å²) in [6.45, 7) is 0. The highest BCUT2D eigenvalue weighted by atomic mass is 32.2. The van der Waals surface area contributed by atoms with Crippen LogP contribution in [0.5, 0.6) is 0 Å². The first-order chi connectivity index (χ1) is 11.1. The van der Waals surface area contributed by atoms with Gasteiger partial charge in [0.25, 0.3) is 0 Å². The van der Waals surface area contributed by atoms with Crippen molar-refractivity contribution < 1.29 is 8.42 Å². The fraction of sp³-hybridized carbons (Fsp3) is 0.353. The van der Waals surface area contributed by atoms with E-state index in [0.717, 1.165) is 30.7 Å². The van der Waals surface area contributed by atoms with Crippen LogP contribution in [0, 0.1) is 0 Å². The second-order valence-electron chi connectivity index (χ2n) is 5.65. The Bertz CT molecular complexity index is 721. The standard InChI is InChI=1S/C17H20N2O2S2/c20-23(21,14-8-2-1-3-9-14)19-15-10-4-5-11-16(15)22-17-12-6-7-13-18-17/h1-3,6-9,12-13,15-16,19H,4-5,10-11H2/t15-,16-/m0/s1. The van der Waals surface area contributed by atoms with Gasteiger partial charge in [-0.15, -0.1) is 11.8 Å². The molecule has 4 nitrogen and oxygen atoms in total. The Balaban J connectivity index is 1.74. The van der Waals surface area contributed by atoms with Crippen molar-refractivity contribution in [1.29, 1.82) is 0 Å². The van der Waals surface area contributed by atoms with Gasteiger partial charge in [-0.1, -0.05) is 37.1 Å². The van der Waals surface area contributed by atoms with Crippen molar-refractivity contribution in [2.45, 2.75) is 46.9 Å². The molecule has 0 saturated heterocycles. The summed E-state index contributed by atoms with van der Waals surface area (Å²) in [6.07, 6.45) is 5.84. The van der Waals surface area contributed by atoms with E-state index in [9.17, 15) is 8.42 Å². The molecule has 0 spiro atoms. The van der Waals surface area contributed by atoms with Gasteiger partial charge in [0.15, 0.2) is 0 Å². The first-order valence-corrected chi connectivity index (χ1v) is 10.2. The molecule has 1 fully saturated rings. The van der Waals surface area contributed by atoms with Crippen molar-refractivity contribution >= 4 is 21.8 Å². The summed E-state index contributed by atoms with van der Waals surface area (Å²) in [6, 6.07) is 14.3. The van der Waals surface area contributed by atoms with E-state index in [1.807, 2.05) is 24.3 Å². The van der Waals surface area contributed by atoms with Crippen LogP contribution in [0.25, 0.3) is 0 Å². The summed E-state index contributed by atoms with van der Waals surface area (Å²) >= 11 is 1.67. The molecule has 1 aromatic carbocycles. The molecule has 0 bridgehead atoms. The molecule has 0 radical (unpaired) electrons. The van der Waals surface area contributed by atoms with Crippen molar-refractivity contribution in [2.75, 3.05) is 0 Å². The van der Waals surface area contributed by atoms with Crippen molar-refractivity contribution in [3.63, 3.8) is 0 Å². The maximum absolute atomic E-state index is 12.6. The van der Waals surface area contributed by atoms with E-state index in [1.54, 1.807) is 42.2 Å². The molecule has 1 N–H and O–H groups in total. The fourth-order valence-corrected chi connectivity index (χ4v) is 5.47. The van der Waals surface area contributed by atoms with Crippen LogP contribution >= 0.6 is 11.8 Å². The van der Waals surface area contributed by atoms with Gasteiger partial charge in [-0.3, -0.25) is 0 Å². The molecule has 0 amide bonds. The minimum Gasteiger partial charge on any atom is -0.250 e. The third kappa shape index (κ3) is 4.34. The Hall–Kier alpha value is -1.37. The number of pyridine rings is 1. The van der Waals surface area contributed by atoms with Crippen LogP contribution in [-0.4, -0.2) is 24.7 Å². The molecule has 2 aromatic rings. The van der Waals surface area contributed by atoms with Gasteiger partial charge in [0.1, 0.15) is 0 Å². The van der Waals surface area contributed by atoms with E-state index >= 15 is 0 Å². The van der Waals surface area contributed by atoms with Gasteiger partial charge in [0.05, 0.1) is 9.92 Å².